The van der Waals surface area contributed by atoms with Gasteiger partial charge in [0.2, 0.25) is 0 Å². The van der Waals surface area contributed by atoms with E-state index in [4.69, 9.17) is 4.74 Å². The minimum atomic E-state index is -0.149. The Kier molecular flexibility index (Phi) is 9.12. The highest BCUT2D eigenvalue weighted by atomic mass is 31.1. The van der Waals surface area contributed by atoms with Gasteiger partial charge in [0.05, 0.1) is 6.61 Å². The molecule has 2 heteroatoms. The topological polar surface area (TPSA) is 9.23 Å². The molecule has 38 heavy (non-hydrogen) atoms. The summed E-state index contributed by atoms with van der Waals surface area (Å²) < 4.78 is 6.72. The maximum Gasteiger partial charge on any atom is 0.127 e. The van der Waals surface area contributed by atoms with E-state index >= 15 is 0 Å². The van der Waals surface area contributed by atoms with Crippen molar-refractivity contribution in [2.45, 2.75) is 147 Å². The van der Waals surface area contributed by atoms with Crippen molar-refractivity contribution in [2.24, 2.45) is 0 Å². The van der Waals surface area contributed by atoms with Gasteiger partial charge in [-0.3, -0.25) is 0 Å². The number of hydrogen-bond donors (Lipinski definition) is 0. The highest BCUT2D eigenvalue weighted by Gasteiger charge is 2.36. The highest BCUT2D eigenvalue weighted by Crippen LogP contribution is 2.57. The Labute approximate surface area is 234 Å². The van der Waals surface area contributed by atoms with Crippen molar-refractivity contribution in [3.63, 3.8) is 0 Å². The Morgan fingerprint density at radius 2 is 1.18 bits per heavy atom. The molecule has 1 nitrogen and oxygen atoms in total. The van der Waals surface area contributed by atoms with Crippen LogP contribution in [-0.2, 0) is 25.7 Å². The fourth-order valence-corrected chi connectivity index (χ4v) is 12.2. The first-order valence-electron chi connectivity index (χ1n) is 16.6. The summed E-state index contributed by atoms with van der Waals surface area (Å²) in [4.78, 5) is 0. The number of fused-ring (bicyclic) bond motifs is 2. The molecule has 2 aromatic rings. The first kappa shape index (κ1) is 26.9. The minimum absolute atomic E-state index is 0.149. The van der Waals surface area contributed by atoms with Crippen LogP contribution in [0.15, 0.2) is 24.3 Å². The van der Waals surface area contributed by atoms with E-state index in [1.54, 1.807) is 38.7 Å². The molecule has 206 valence electrons. The lowest BCUT2D eigenvalue weighted by Crippen LogP contribution is -2.28. The third-order valence-corrected chi connectivity index (χ3v) is 13.8. The van der Waals surface area contributed by atoms with Gasteiger partial charge in [-0.15, -0.1) is 0 Å². The van der Waals surface area contributed by atoms with Gasteiger partial charge in [-0.25, -0.2) is 0 Å². The van der Waals surface area contributed by atoms with Crippen molar-refractivity contribution in [3.05, 3.63) is 46.5 Å². The summed E-state index contributed by atoms with van der Waals surface area (Å²) in [7, 11) is -0.149. The van der Waals surface area contributed by atoms with Crippen molar-refractivity contribution in [2.75, 3.05) is 6.61 Å². The van der Waals surface area contributed by atoms with E-state index in [0.717, 1.165) is 24.3 Å². The van der Waals surface area contributed by atoms with Gasteiger partial charge in [-0.2, -0.15) is 0 Å². The second-order valence-corrected chi connectivity index (χ2v) is 15.5. The van der Waals surface area contributed by atoms with Gasteiger partial charge < -0.3 is 4.74 Å². The maximum absolute atomic E-state index is 6.72. The lowest BCUT2D eigenvalue weighted by atomic mass is 9.80. The van der Waals surface area contributed by atoms with Crippen LogP contribution in [0, 0.1) is 0 Å². The molecule has 4 aliphatic rings. The molecule has 6 rings (SSSR count). The zero-order valence-electron chi connectivity index (χ0n) is 24.2. The first-order valence-corrected chi connectivity index (χ1v) is 18.0. The third kappa shape index (κ3) is 5.61. The smallest absolute Gasteiger partial charge is 0.127 e. The Balaban J connectivity index is 1.56. The van der Waals surface area contributed by atoms with Gasteiger partial charge in [0.1, 0.15) is 5.75 Å². The van der Waals surface area contributed by atoms with Gasteiger partial charge >= 0.3 is 0 Å². The predicted molar refractivity (Wildman–Crippen MR) is 166 cm³/mol. The van der Waals surface area contributed by atoms with Crippen molar-refractivity contribution >= 4 is 13.2 Å². The Hall–Kier alpha value is -1.33. The molecule has 0 unspecified atom stereocenters. The maximum atomic E-state index is 6.72. The van der Waals surface area contributed by atoms with E-state index < -0.39 is 0 Å². The second-order valence-electron chi connectivity index (χ2n) is 12.8. The van der Waals surface area contributed by atoms with Crippen molar-refractivity contribution in [1.29, 1.82) is 0 Å². The van der Waals surface area contributed by atoms with Crippen LogP contribution in [0.1, 0.15) is 132 Å². The number of aryl methyl sites for hydroxylation is 2. The van der Waals surface area contributed by atoms with E-state index in [9.17, 15) is 0 Å². The average Bonchev–Trinajstić information content (AvgIpc) is 2.98. The van der Waals surface area contributed by atoms with Crippen LogP contribution in [0.25, 0.3) is 11.1 Å². The van der Waals surface area contributed by atoms with Crippen molar-refractivity contribution in [1.82, 2.24) is 0 Å². The van der Waals surface area contributed by atoms with E-state index in [1.807, 2.05) is 0 Å². The summed E-state index contributed by atoms with van der Waals surface area (Å²) in [5, 5.41) is 1.80. The lowest BCUT2D eigenvalue weighted by Gasteiger charge is -2.41. The standard InChI is InChI=1S/C36H51OP/c1-2-3-26-37-33-24-22-27-14-10-12-20-31(27)35(33)36-32-21-13-11-15-28(32)23-25-34(36)38(29-16-6-4-7-17-29)30-18-8-5-9-19-30/h22-25,29-30H,2-21,26H2,1H3. The Morgan fingerprint density at radius 1 is 0.632 bits per heavy atom. The zero-order chi connectivity index (χ0) is 25.7. The summed E-state index contributed by atoms with van der Waals surface area (Å²) in [6, 6.07) is 10.1. The number of unbranched alkanes of at least 4 members (excludes halogenated alkanes) is 1. The number of benzene rings is 2. The monoisotopic (exact) mass is 530 g/mol. The van der Waals surface area contributed by atoms with Crippen LogP contribution in [0.5, 0.6) is 5.75 Å². The number of ether oxygens (including phenoxy) is 1. The molecular weight excluding hydrogens is 479 g/mol. The van der Waals surface area contributed by atoms with Gasteiger partial charge in [-0.05, 0) is 134 Å². The third-order valence-electron chi connectivity index (χ3n) is 10.2. The molecule has 0 saturated heterocycles. The second kappa shape index (κ2) is 12.9. The molecule has 0 spiro atoms. The average molecular weight is 531 g/mol. The normalized spacial score (nSPS) is 20.8. The van der Waals surface area contributed by atoms with Gasteiger partial charge in [0.15, 0.2) is 0 Å². The molecule has 0 atom stereocenters. The molecule has 2 aromatic carbocycles. The van der Waals surface area contributed by atoms with Crippen LogP contribution in [-0.4, -0.2) is 17.9 Å². The predicted octanol–water partition coefficient (Wildman–Crippen LogP) is 10.1. The zero-order valence-corrected chi connectivity index (χ0v) is 25.1. The van der Waals surface area contributed by atoms with Gasteiger partial charge in [0.25, 0.3) is 0 Å². The van der Waals surface area contributed by atoms with Crippen LogP contribution in [0.2, 0.25) is 0 Å². The molecular formula is C36H51OP. The molecule has 4 aliphatic carbocycles. The Morgan fingerprint density at radius 3 is 1.79 bits per heavy atom. The van der Waals surface area contributed by atoms with Crippen LogP contribution >= 0.6 is 7.92 Å². The van der Waals surface area contributed by atoms with Crippen LogP contribution in [0.3, 0.4) is 0 Å². The summed E-state index contributed by atoms with van der Waals surface area (Å²) in [6.45, 7) is 3.14. The quantitative estimate of drug-likeness (QED) is 0.244. The molecule has 0 N–H and O–H groups in total. The van der Waals surface area contributed by atoms with Crippen molar-refractivity contribution < 1.29 is 4.74 Å². The molecule has 2 fully saturated rings. The van der Waals surface area contributed by atoms with Crippen LogP contribution < -0.4 is 10.0 Å². The number of rotatable bonds is 8. The lowest BCUT2D eigenvalue weighted by molar-refractivity contribution is 0.310. The largest absolute Gasteiger partial charge is 0.493 e. The van der Waals surface area contributed by atoms with Crippen molar-refractivity contribution in [3.8, 4) is 16.9 Å². The summed E-state index contributed by atoms with van der Waals surface area (Å²) in [5.41, 5.74) is 11.8. The number of hydrogen-bond acceptors (Lipinski definition) is 1. The van der Waals surface area contributed by atoms with E-state index in [2.05, 4.69) is 31.2 Å². The molecule has 0 amide bonds. The SMILES string of the molecule is CCCCOc1ccc2c(c1-c1c(P(C3CCCCC3)C3CCCCC3)ccc3c1CCCC3)CCCC2. The fraction of sp³-hybridized carbons (Fsp3) is 0.667. The minimum Gasteiger partial charge on any atom is -0.493 e. The molecule has 0 heterocycles. The summed E-state index contributed by atoms with van der Waals surface area (Å²) in [5.74, 6) is 1.21. The molecule has 0 aliphatic heterocycles. The molecule has 0 bridgehead atoms. The highest BCUT2D eigenvalue weighted by molar-refractivity contribution is 7.67. The molecule has 2 saturated carbocycles. The first-order chi connectivity index (χ1) is 18.8. The molecule has 0 radical (unpaired) electrons. The van der Waals surface area contributed by atoms with Gasteiger partial charge in [0, 0.05) is 5.56 Å². The summed E-state index contributed by atoms with van der Waals surface area (Å²) >= 11 is 0. The van der Waals surface area contributed by atoms with E-state index in [-0.39, 0.29) is 7.92 Å². The summed E-state index contributed by atoms with van der Waals surface area (Å²) in [6.07, 6.45) is 27.5. The molecule has 0 aromatic heterocycles. The fourth-order valence-electron chi connectivity index (χ4n) is 8.25. The van der Waals surface area contributed by atoms with Gasteiger partial charge in [-0.1, -0.05) is 78.0 Å². The van der Waals surface area contributed by atoms with Crippen LogP contribution in [0.4, 0.5) is 0 Å². The van der Waals surface area contributed by atoms with E-state index in [0.29, 0.717) is 0 Å². The van der Waals surface area contributed by atoms with E-state index in [1.165, 1.54) is 128 Å². The Bertz CT molecular complexity index is 1060.